The van der Waals surface area contributed by atoms with Crippen molar-refractivity contribution in [2.24, 2.45) is 23.7 Å². The molecule has 0 atom stereocenters. The standard InChI is InChI=1S/C24H30FIN6O4.C24H31FN6O5.C24H30FN6O4.C11H17FN6.3CH3.Sn/c1-13(2)11-31(23(33)36-24(3,4)5)6-7-32-18(28-19-20(27)29-22(25)30-21(19)32)9-14-8-16-17(10-15(14)26)35-12-34-16;1-13(2)11-30(23(33)36-24(3,4)5)6-7-31-18(27-19-20(26)28-22(25)29-21(19)31)9-14-8-16-17(10-15(14)32)35-12-34-16;1-14(2)12-30(23(32)35-24(3,4)5)8-9-31-18(27-19-20(26)28-22(25)29-21(19)31)11-15-6-7-16-17(10-15)34-13-33-16;1-7(2)5-14-3-4-18-6-15-8-9(13)16-11(12)17-10(8)18;;;;/h8,10,13H,6-7,9,11-12H2,1-5H3,(H2,27,29,30);8,10,13,32H,6-7,9,11-12H2,1-5H3,(H2,26,28,29);7,10,14H,8-9,11-13H2,1-5H3,(H2,26,28,29);6-7,14H,3-5H2,1-2H3,(H2,13,16,17);3*1H3;/i26-3;;;;;;;. The molecule has 0 saturated heterocycles. The van der Waals surface area contributed by atoms with Gasteiger partial charge in [0.2, 0.25) is 13.6 Å². The van der Waals surface area contributed by atoms with Gasteiger partial charge >= 0.3 is 264 Å². The van der Waals surface area contributed by atoms with Crippen LogP contribution >= 0.6 is 22.6 Å². The summed E-state index contributed by atoms with van der Waals surface area (Å²) in [5.41, 5.74) is 26.8. The van der Waals surface area contributed by atoms with Gasteiger partial charge in [0, 0.05) is 80.4 Å². The molecule has 0 saturated carbocycles. The number of benzene rings is 3. The van der Waals surface area contributed by atoms with E-state index in [0.717, 1.165) is 33.5 Å². The second-order valence-corrected chi connectivity index (χ2v) is 52.6. The van der Waals surface area contributed by atoms with Gasteiger partial charge in [0.1, 0.15) is 34.1 Å². The summed E-state index contributed by atoms with van der Waals surface area (Å²) in [4.78, 5) is 98.8. The zero-order valence-corrected chi connectivity index (χ0v) is 81.6. The van der Waals surface area contributed by atoms with Gasteiger partial charge in [-0.25, -0.2) is 24.5 Å². The van der Waals surface area contributed by atoms with Crippen molar-refractivity contribution < 1.29 is 79.7 Å². The predicted molar refractivity (Wildman–Crippen MR) is 488 cm³/mol. The molecule has 43 heteroatoms. The Balaban J connectivity index is 0.000000171. The number of nitrogens with zero attached hydrogens (tertiary/aromatic N) is 19. The van der Waals surface area contributed by atoms with Crippen LogP contribution in [-0.4, -0.2) is 224 Å². The first-order chi connectivity index (χ1) is 60.5. The summed E-state index contributed by atoms with van der Waals surface area (Å²) < 4.78 is 115. The van der Waals surface area contributed by atoms with E-state index in [2.05, 4.69) is 117 Å². The van der Waals surface area contributed by atoms with Crippen LogP contribution in [0, 0.1) is 51.6 Å². The molecular weight excluding hydrogens is 1900 g/mol. The summed E-state index contributed by atoms with van der Waals surface area (Å²) in [6.45, 7) is 38.9. The van der Waals surface area contributed by atoms with Crippen LogP contribution in [0.3, 0.4) is 0 Å². The summed E-state index contributed by atoms with van der Waals surface area (Å²) in [6.07, 6.45) is -2.29. The Morgan fingerprint density at radius 1 is 0.457 bits per heavy atom. The topological polar surface area (TPSA) is 455 Å². The smallest absolute Gasteiger partial charge is 0.508 e. The first-order valence-electron chi connectivity index (χ1n) is 42.5. The molecule has 129 heavy (non-hydrogen) atoms. The molecule has 14 rings (SSSR count). The van der Waals surface area contributed by atoms with Crippen LogP contribution in [0.25, 0.3) is 44.7 Å². The first kappa shape index (κ1) is 98.3. The molecule has 0 fully saturated rings. The van der Waals surface area contributed by atoms with Crippen LogP contribution in [0.15, 0.2) is 42.7 Å². The Labute approximate surface area is 762 Å². The van der Waals surface area contributed by atoms with Gasteiger partial charge in [-0.15, -0.1) is 0 Å². The molecule has 3 aliphatic rings. The number of fused-ring (bicyclic) bond motifs is 7. The SMILES string of the molecule is CC(C)CN(CCn1c(Cc2cc3c(c[c]2[Sn]([CH3])([CH3])[CH3])OCO3)nc2c(N)nc(F)nc21)C(=O)OC(C)(C)C.CC(C)CN(CCn1c(Cc2cc3c(cc2O)OCO3)nc2c(N)nc(F)nc21)C(=O)OC(C)(C)C.CC(C)CN(CCn1c(Cc2cc3c(cc2[124I])OCO3)nc2c(N)nc(F)nc21)C(=O)OC(C)(C)C.CC(C)CNCCn1cnc2c(N)nc(F)nc21. The van der Waals surface area contributed by atoms with Crippen LogP contribution in [0.5, 0.6) is 40.2 Å². The average molecular weight is 2010 g/mol. The molecule has 3 aromatic carbocycles. The van der Waals surface area contributed by atoms with Crippen molar-refractivity contribution in [1.82, 2.24) is 98.1 Å². The molecule has 698 valence electrons. The molecule has 0 aliphatic carbocycles. The van der Waals surface area contributed by atoms with Crippen molar-refractivity contribution in [2.45, 2.75) is 195 Å². The van der Waals surface area contributed by atoms with Crippen molar-refractivity contribution in [3.63, 3.8) is 0 Å². The fraction of sp³-hybridized carbons (Fsp3) is 0.523. The van der Waals surface area contributed by atoms with Gasteiger partial charge < -0.3 is 79.5 Å². The van der Waals surface area contributed by atoms with Crippen LogP contribution in [0.4, 0.5) is 55.2 Å². The number of halogens is 5. The second-order valence-electron chi connectivity index (χ2n) is 37.0. The summed E-state index contributed by atoms with van der Waals surface area (Å²) in [5, 5.41) is 13.8. The third-order valence-corrected chi connectivity index (χ3v) is 26.6. The van der Waals surface area contributed by atoms with E-state index in [1.165, 1.54) is 9.65 Å². The summed E-state index contributed by atoms with van der Waals surface area (Å²) in [7, 11) is 0. The number of aromatic hydroxyl groups is 1. The van der Waals surface area contributed by atoms with E-state index >= 15 is 0 Å². The van der Waals surface area contributed by atoms with Crippen molar-refractivity contribution in [3.8, 4) is 40.2 Å². The molecule has 3 amide bonds. The van der Waals surface area contributed by atoms with Crippen LogP contribution in [0.2, 0.25) is 14.8 Å². The Morgan fingerprint density at radius 2 is 0.783 bits per heavy atom. The molecule has 3 aliphatic heterocycles. The molecule has 11 aromatic rings. The number of ether oxygens (including phenoxy) is 9. The van der Waals surface area contributed by atoms with Gasteiger partial charge in [0.05, 0.1) is 6.33 Å². The predicted octanol–water partition coefficient (Wildman–Crippen LogP) is 12.9. The second kappa shape index (κ2) is 41.2. The normalized spacial score (nSPS) is 12.9. The van der Waals surface area contributed by atoms with E-state index in [0.29, 0.717) is 151 Å². The fourth-order valence-corrected chi connectivity index (χ4v) is 19.7. The molecule has 0 unspecified atom stereocenters. The van der Waals surface area contributed by atoms with Crippen LogP contribution < -0.4 is 60.3 Å². The van der Waals surface area contributed by atoms with Gasteiger partial charge in [-0.2, -0.15) is 43.1 Å². The number of aromatic nitrogens is 16. The number of nitrogens with one attached hydrogen (secondary N) is 1. The maximum absolute atomic E-state index is 14.3. The van der Waals surface area contributed by atoms with Crippen molar-refractivity contribution in [1.29, 1.82) is 0 Å². The minimum absolute atomic E-state index is 0.00159. The van der Waals surface area contributed by atoms with Gasteiger partial charge in [0.15, 0.2) is 68.4 Å². The maximum atomic E-state index is 14.3. The van der Waals surface area contributed by atoms with E-state index in [1.54, 1.807) is 61.6 Å². The van der Waals surface area contributed by atoms with Gasteiger partial charge in [-0.05, 0) is 112 Å². The van der Waals surface area contributed by atoms with E-state index in [4.69, 9.17) is 70.6 Å². The van der Waals surface area contributed by atoms with E-state index in [-0.39, 0.29) is 103 Å². The van der Waals surface area contributed by atoms with Crippen molar-refractivity contribution in [3.05, 3.63) is 105 Å². The number of phenolic OH excluding ortho intramolecular Hbond substituents is 1. The molecule has 0 spiro atoms. The Hall–Kier alpha value is -11.3. The van der Waals surface area contributed by atoms with Crippen molar-refractivity contribution in [2.75, 3.05) is 95.7 Å². The minimum atomic E-state index is -2.62. The number of nitrogen functional groups attached to an aromatic ring is 4. The fourth-order valence-electron chi connectivity index (χ4n) is 14.2. The number of imidazole rings is 4. The first-order valence-corrected chi connectivity index (χ1v) is 53.5. The quantitative estimate of drug-likeness (QED) is 0.00695. The van der Waals surface area contributed by atoms with Gasteiger partial charge in [-0.1, -0.05) is 41.5 Å². The van der Waals surface area contributed by atoms with Gasteiger partial charge in [0.25, 0.3) is 0 Å². The number of carbonyl (C=O) groups excluding carboxylic acids is 3. The minimum Gasteiger partial charge on any atom is -0.508 e. The van der Waals surface area contributed by atoms with E-state index in [1.807, 2.05) is 106 Å². The molecule has 11 heterocycles. The van der Waals surface area contributed by atoms with E-state index < -0.39 is 77.8 Å². The zero-order chi connectivity index (χ0) is 94.2. The molecule has 0 radical (unpaired) electrons. The summed E-state index contributed by atoms with van der Waals surface area (Å²) >= 11 is -0.386. The molecule has 10 N–H and O–H groups in total. The number of anilines is 4. The van der Waals surface area contributed by atoms with E-state index in [9.17, 15) is 37.1 Å². The number of hydrogen-bond donors (Lipinski definition) is 6. The number of hydrogen-bond acceptors (Lipinski definition) is 30. The van der Waals surface area contributed by atoms with Gasteiger partial charge in [-0.3, -0.25) is 0 Å². The number of nitrogens with two attached hydrogens (primary N) is 4. The summed E-state index contributed by atoms with van der Waals surface area (Å²) in [6, 6.07) is 11.1. The Morgan fingerprint density at radius 3 is 1.15 bits per heavy atom. The Kier molecular flexibility index (Phi) is 31.4. The summed E-state index contributed by atoms with van der Waals surface area (Å²) in [5.74, 6) is 6.63. The average Bonchev–Trinajstić information content (AvgIpc) is 1.63. The molecule has 8 aromatic heterocycles. The molecular formula is C86H117F4IN24O13Sn. The Bertz CT molecular complexity index is 5670. The third kappa shape index (κ3) is 26.1. The zero-order valence-electron chi connectivity index (χ0n) is 76.6. The third-order valence-electron chi connectivity index (χ3n) is 19.6. The number of carbonyl (C=O) groups is 3. The molecule has 37 nitrogen and oxygen atoms in total. The number of amides is 3. The molecule has 0 bridgehead atoms. The van der Waals surface area contributed by atoms with Crippen LogP contribution in [-0.2, 0) is 59.7 Å². The van der Waals surface area contributed by atoms with Crippen LogP contribution in [0.1, 0.15) is 152 Å². The number of phenols is 1. The van der Waals surface area contributed by atoms with Crippen molar-refractivity contribution >= 4 is 131 Å². The number of rotatable bonds is 27. The monoisotopic (exact) mass is 2010 g/mol.